The van der Waals surface area contributed by atoms with E-state index in [-0.39, 0.29) is 5.91 Å². The highest BCUT2D eigenvalue weighted by Crippen LogP contribution is 2.14. The first-order valence-electron chi connectivity index (χ1n) is 6.87. The molecule has 6 nitrogen and oxygen atoms in total. The summed E-state index contributed by atoms with van der Waals surface area (Å²) in [5.41, 5.74) is 1.29. The van der Waals surface area contributed by atoms with Crippen LogP contribution in [-0.4, -0.2) is 42.9 Å². The second-order valence-electron chi connectivity index (χ2n) is 4.56. The van der Waals surface area contributed by atoms with Crippen LogP contribution in [0.25, 0.3) is 5.69 Å². The van der Waals surface area contributed by atoms with Gasteiger partial charge < -0.3 is 15.4 Å². The van der Waals surface area contributed by atoms with Crippen LogP contribution in [0.2, 0.25) is 0 Å². The van der Waals surface area contributed by atoms with Gasteiger partial charge in [-0.15, -0.1) is 0 Å². The van der Waals surface area contributed by atoms with Gasteiger partial charge in [0.25, 0.3) is 5.91 Å². The number of rotatable bonds is 7. The molecule has 1 aromatic carbocycles. The van der Waals surface area contributed by atoms with Crippen LogP contribution in [-0.2, 0) is 0 Å². The van der Waals surface area contributed by atoms with Crippen LogP contribution in [0.4, 0.5) is 0 Å². The van der Waals surface area contributed by atoms with Gasteiger partial charge in [-0.2, -0.15) is 5.10 Å². The molecular formula is C15H20N4O2. The fourth-order valence-electron chi connectivity index (χ4n) is 1.88. The average molecular weight is 288 g/mol. The lowest BCUT2D eigenvalue weighted by molar-refractivity contribution is 0.0948. The third-order valence-electron chi connectivity index (χ3n) is 3.05. The van der Waals surface area contributed by atoms with Gasteiger partial charge in [-0.25, -0.2) is 4.68 Å². The highest BCUT2D eigenvalue weighted by Gasteiger charge is 2.09. The first-order chi connectivity index (χ1) is 10.2. The van der Waals surface area contributed by atoms with Crippen LogP contribution in [0.1, 0.15) is 16.9 Å². The Morgan fingerprint density at radius 2 is 2.00 bits per heavy atom. The molecule has 0 aliphatic carbocycles. The molecule has 1 amide bonds. The van der Waals surface area contributed by atoms with E-state index in [1.54, 1.807) is 24.1 Å². The van der Waals surface area contributed by atoms with Crippen molar-refractivity contribution in [1.29, 1.82) is 0 Å². The third-order valence-corrected chi connectivity index (χ3v) is 3.05. The van der Waals surface area contributed by atoms with Gasteiger partial charge in [0.1, 0.15) is 5.75 Å². The van der Waals surface area contributed by atoms with Gasteiger partial charge >= 0.3 is 0 Å². The third kappa shape index (κ3) is 4.06. The smallest absolute Gasteiger partial charge is 0.271 e. The second-order valence-corrected chi connectivity index (χ2v) is 4.56. The number of amides is 1. The second kappa shape index (κ2) is 7.44. The highest BCUT2D eigenvalue weighted by atomic mass is 16.5. The number of carbonyl (C=O) groups excluding carboxylic acids is 1. The van der Waals surface area contributed by atoms with E-state index in [1.165, 1.54) is 0 Å². The molecule has 0 spiro atoms. The van der Waals surface area contributed by atoms with Gasteiger partial charge in [0.15, 0.2) is 5.69 Å². The normalized spacial score (nSPS) is 10.4. The van der Waals surface area contributed by atoms with E-state index in [9.17, 15) is 4.79 Å². The summed E-state index contributed by atoms with van der Waals surface area (Å²) in [5, 5.41) is 10.2. The lowest BCUT2D eigenvalue weighted by atomic mass is 10.3. The Morgan fingerprint density at radius 1 is 1.24 bits per heavy atom. The Hall–Kier alpha value is -2.34. The van der Waals surface area contributed by atoms with Gasteiger partial charge in [0, 0.05) is 12.7 Å². The predicted molar refractivity (Wildman–Crippen MR) is 81.0 cm³/mol. The Kier molecular flexibility index (Phi) is 5.34. The van der Waals surface area contributed by atoms with Crippen molar-refractivity contribution in [2.75, 3.05) is 27.2 Å². The summed E-state index contributed by atoms with van der Waals surface area (Å²) in [6.07, 6.45) is 2.66. The van der Waals surface area contributed by atoms with Crippen LogP contribution in [0.5, 0.6) is 5.75 Å². The molecule has 0 saturated carbocycles. The lowest BCUT2D eigenvalue weighted by Gasteiger charge is -2.04. The van der Waals surface area contributed by atoms with Gasteiger partial charge in [-0.3, -0.25) is 4.79 Å². The Bertz CT molecular complexity index is 578. The number of benzene rings is 1. The number of carbonyl (C=O) groups is 1. The summed E-state index contributed by atoms with van der Waals surface area (Å²) in [7, 11) is 3.51. The molecule has 0 aliphatic heterocycles. The van der Waals surface area contributed by atoms with Crippen molar-refractivity contribution >= 4 is 5.91 Å². The molecular weight excluding hydrogens is 268 g/mol. The van der Waals surface area contributed by atoms with Crippen molar-refractivity contribution < 1.29 is 9.53 Å². The van der Waals surface area contributed by atoms with E-state index < -0.39 is 0 Å². The lowest BCUT2D eigenvalue weighted by Crippen LogP contribution is -2.27. The van der Waals surface area contributed by atoms with Gasteiger partial charge in [-0.05, 0) is 50.3 Å². The summed E-state index contributed by atoms with van der Waals surface area (Å²) in [5.74, 6) is 0.631. The zero-order valence-electron chi connectivity index (χ0n) is 12.3. The summed E-state index contributed by atoms with van der Waals surface area (Å²) in [6, 6.07) is 9.20. The SMILES string of the molecule is CNCCCNC(=O)c1ccn(-c2ccc(OC)cc2)n1. The molecule has 2 aromatic rings. The highest BCUT2D eigenvalue weighted by molar-refractivity contribution is 5.92. The van der Waals surface area contributed by atoms with E-state index >= 15 is 0 Å². The molecule has 112 valence electrons. The summed E-state index contributed by atoms with van der Waals surface area (Å²) >= 11 is 0. The molecule has 1 aromatic heterocycles. The fourth-order valence-corrected chi connectivity index (χ4v) is 1.88. The molecule has 0 aliphatic rings. The van der Waals surface area contributed by atoms with Crippen molar-refractivity contribution in [1.82, 2.24) is 20.4 Å². The topological polar surface area (TPSA) is 68.2 Å². The number of methoxy groups -OCH3 is 1. The maximum Gasteiger partial charge on any atom is 0.271 e. The van der Waals surface area contributed by atoms with Crippen LogP contribution >= 0.6 is 0 Å². The fraction of sp³-hybridized carbons (Fsp3) is 0.333. The zero-order chi connectivity index (χ0) is 15.1. The Morgan fingerprint density at radius 3 is 2.67 bits per heavy atom. The largest absolute Gasteiger partial charge is 0.497 e. The van der Waals surface area contributed by atoms with E-state index in [2.05, 4.69) is 15.7 Å². The van der Waals surface area contributed by atoms with Crippen LogP contribution in [0.15, 0.2) is 36.5 Å². The molecule has 0 radical (unpaired) electrons. The number of ether oxygens (including phenoxy) is 1. The summed E-state index contributed by atoms with van der Waals surface area (Å²) in [4.78, 5) is 11.9. The Balaban J connectivity index is 1.98. The quantitative estimate of drug-likeness (QED) is 0.752. The van der Waals surface area contributed by atoms with Crippen LogP contribution in [0, 0.1) is 0 Å². The molecule has 1 heterocycles. The van der Waals surface area contributed by atoms with E-state index in [0.717, 1.165) is 24.4 Å². The van der Waals surface area contributed by atoms with E-state index in [1.807, 2.05) is 31.3 Å². The maximum atomic E-state index is 11.9. The molecule has 2 rings (SSSR count). The maximum absolute atomic E-state index is 11.9. The number of nitrogens with one attached hydrogen (secondary N) is 2. The van der Waals surface area contributed by atoms with Crippen molar-refractivity contribution in [3.05, 3.63) is 42.2 Å². The van der Waals surface area contributed by atoms with E-state index in [4.69, 9.17) is 4.74 Å². The van der Waals surface area contributed by atoms with Crippen LogP contribution in [0.3, 0.4) is 0 Å². The minimum absolute atomic E-state index is 0.154. The Labute approximate surface area is 124 Å². The molecule has 2 N–H and O–H groups in total. The predicted octanol–water partition coefficient (Wildman–Crippen LogP) is 1.22. The first kappa shape index (κ1) is 15.1. The zero-order valence-corrected chi connectivity index (χ0v) is 12.3. The summed E-state index contributed by atoms with van der Waals surface area (Å²) < 4.78 is 6.78. The van der Waals surface area contributed by atoms with Gasteiger partial charge in [-0.1, -0.05) is 0 Å². The molecule has 0 bridgehead atoms. The number of aromatic nitrogens is 2. The van der Waals surface area contributed by atoms with Crippen molar-refractivity contribution in [3.8, 4) is 11.4 Å². The minimum atomic E-state index is -0.154. The van der Waals surface area contributed by atoms with Crippen molar-refractivity contribution in [2.45, 2.75) is 6.42 Å². The number of hydrogen-bond donors (Lipinski definition) is 2. The van der Waals surface area contributed by atoms with Gasteiger partial charge in [0.05, 0.1) is 12.8 Å². The van der Waals surface area contributed by atoms with Crippen molar-refractivity contribution in [3.63, 3.8) is 0 Å². The van der Waals surface area contributed by atoms with Crippen LogP contribution < -0.4 is 15.4 Å². The van der Waals surface area contributed by atoms with Gasteiger partial charge in [0.2, 0.25) is 0 Å². The minimum Gasteiger partial charge on any atom is -0.497 e. The molecule has 0 fully saturated rings. The molecule has 6 heteroatoms. The molecule has 0 atom stereocenters. The number of hydrogen-bond acceptors (Lipinski definition) is 4. The standard InChI is InChI=1S/C15H20N4O2/c1-16-9-3-10-17-15(20)14-8-11-19(18-14)12-4-6-13(21-2)7-5-12/h4-8,11,16H,3,9-10H2,1-2H3,(H,17,20). The number of nitrogens with zero attached hydrogens (tertiary/aromatic N) is 2. The summed E-state index contributed by atoms with van der Waals surface area (Å²) in [6.45, 7) is 1.51. The first-order valence-corrected chi connectivity index (χ1v) is 6.87. The molecule has 0 unspecified atom stereocenters. The monoisotopic (exact) mass is 288 g/mol. The molecule has 21 heavy (non-hydrogen) atoms. The molecule has 0 saturated heterocycles. The van der Waals surface area contributed by atoms with Crippen molar-refractivity contribution in [2.24, 2.45) is 0 Å². The van der Waals surface area contributed by atoms with E-state index in [0.29, 0.717) is 12.2 Å². The average Bonchev–Trinajstić information content (AvgIpc) is 3.01.